The van der Waals surface area contributed by atoms with Gasteiger partial charge in [-0.3, -0.25) is 4.79 Å². The summed E-state index contributed by atoms with van der Waals surface area (Å²) >= 11 is 11.9. The van der Waals surface area contributed by atoms with Gasteiger partial charge in [-0.2, -0.15) is 0 Å². The highest BCUT2D eigenvalue weighted by atomic mass is 35.5. The molecule has 0 saturated heterocycles. The molecule has 0 amide bonds. The average Bonchev–Trinajstić information content (AvgIpc) is 2.65. The lowest BCUT2D eigenvalue weighted by Gasteiger charge is -2.32. The van der Waals surface area contributed by atoms with Crippen LogP contribution in [0.1, 0.15) is 6.92 Å². The van der Waals surface area contributed by atoms with E-state index in [9.17, 15) is 4.79 Å². The molecule has 0 fully saturated rings. The lowest BCUT2D eigenvalue weighted by Crippen LogP contribution is -2.42. The van der Waals surface area contributed by atoms with Gasteiger partial charge in [-0.25, -0.2) is 0 Å². The van der Waals surface area contributed by atoms with Crippen LogP contribution >= 0.6 is 23.2 Å². The van der Waals surface area contributed by atoms with E-state index in [1.165, 1.54) is 0 Å². The number of rotatable bonds is 3. The third-order valence-electron chi connectivity index (χ3n) is 2.44. The van der Waals surface area contributed by atoms with Crippen LogP contribution in [0.25, 0.3) is 0 Å². The SMILES string of the molecule is CCOC[C@@]12C=C[C@H](O1)C(=O)C(Cl)=C2Cl. The Labute approximate surface area is 97.6 Å². The van der Waals surface area contributed by atoms with Gasteiger partial charge in [0.1, 0.15) is 16.7 Å². The summed E-state index contributed by atoms with van der Waals surface area (Å²) in [6, 6.07) is 0. The van der Waals surface area contributed by atoms with Gasteiger partial charge < -0.3 is 9.47 Å². The molecule has 2 heterocycles. The molecule has 0 aromatic carbocycles. The van der Waals surface area contributed by atoms with Crippen molar-refractivity contribution in [2.45, 2.75) is 18.6 Å². The van der Waals surface area contributed by atoms with E-state index in [1.807, 2.05) is 6.92 Å². The first kappa shape index (κ1) is 11.1. The van der Waals surface area contributed by atoms with E-state index in [1.54, 1.807) is 12.2 Å². The highest BCUT2D eigenvalue weighted by Gasteiger charge is 2.48. The smallest absolute Gasteiger partial charge is 0.208 e. The van der Waals surface area contributed by atoms with Crippen LogP contribution in [0.4, 0.5) is 0 Å². The highest BCUT2D eigenvalue weighted by molar-refractivity contribution is 6.50. The average molecular weight is 249 g/mol. The molecular formula is C10H10Cl2O3. The zero-order valence-electron chi connectivity index (χ0n) is 8.13. The number of hydrogen-bond donors (Lipinski definition) is 0. The van der Waals surface area contributed by atoms with Crippen LogP contribution < -0.4 is 0 Å². The topological polar surface area (TPSA) is 35.5 Å². The molecule has 2 bridgehead atoms. The van der Waals surface area contributed by atoms with E-state index >= 15 is 0 Å². The van der Waals surface area contributed by atoms with Gasteiger partial charge in [-0.05, 0) is 19.1 Å². The minimum absolute atomic E-state index is 0.0534. The van der Waals surface area contributed by atoms with Crippen molar-refractivity contribution in [2.24, 2.45) is 0 Å². The van der Waals surface area contributed by atoms with Gasteiger partial charge in [0.05, 0.1) is 11.6 Å². The highest BCUT2D eigenvalue weighted by Crippen LogP contribution is 2.42. The molecular weight excluding hydrogens is 239 g/mol. The van der Waals surface area contributed by atoms with Gasteiger partial charge in [0.25, 0.3) is 0 Å². The van der Waals surface area contributed by atoms with E-state index in [0.717, 1.165) is 0 Å². The maximum Gasteiger partial charge on any atom is 0.208 e. The van der Waals surface area contributed by atoms with Gasteiger partial charge in [-0.15, -0.1) is 0 Å². The van der Waals surface area contributed by atoms with Crippen molar-refractivity contribution in [2.75, 3.05) is 13.2 Å². The summed E-state index contributed by atoms with van der Waals surface area (Å²) in [5, 5.41) is 0.269. The number of fused-ring (bicyclic) bond motifs is 2. The molecule has 5 heteroatoms. The van der Waals surface area contributed by atoms with E-state index in [-0.39, 0.29) is 22.5 Å². The van der Waals surface area contributed by atoms with Gasteiger partial charge >= 0.3 is 0 Å². The summed E-state index contributed by atoms with van der Waals surface area (Å²) in [6.07, 6.45) is 2.79. The second-order valence-electron chi connectivity index (χ2n) is 3.42. The number of carbonyl (C=O) groups excluding carboxylic acids is 1. The standard InChI is InChI=1S/C10H10Cl2O3/c1-2-14-5-10-4-3-6(15-10)8(13)7(11)9(10)12/h3-4,6H,2,5H2,1H3/t6-,10+/m0/s1. The van der Waals surface area contributed by atoms with E-state index in [2.05, 4.69) is 0 Å². The maximum atomic E-state index is 11.5. The lowest BCUT2D eigenvalue weighted by atomic mass is 10.0. The molecule has 0 saturated carbocycles. The van der Waals surface area contributed by atoms with Crippen LogP contribution in [-0.2, 0) is 14.3 Å². The molecule has 0 radical (unpaired) electrons. The Balaban J connectivity index is 2.33. The number of hydrogen-bond acceptors (Lipinski definition) is 3. The summed E-state index contributed by atoms with van der Waals surface area (Å²) in [5.74, 6) is -0.289. The molecule has 0 unspecified atom stereocenters. The Morgan fingerprint density at radius 3 is 3.00 bits per heavy atom. The molecule has 0 aromatic rings. The van der Waals surface area contributed by atoms with Gasteiger partial charge in [0.15, 0.2) is 0 Å². The van der Waals surface area contributed by atoms with Crippen LogP contribution in [0.2, 0.25) is 0 Å². The summed E-state index contributed by atoms with van der Waals surface area (Å²) in [5.41, 5.74) is -0.854. The molecule has 2 atom stereocenters. The first-order chi connectivity index (χ1) is 7.10. The van der Waals surface area contributed by atoms with Crippen molar-refractivity contribution in [1.82, 2.24) is 0 Å². The fraction of sp³-hybridized carbons (Fsp3) is 0.500. The molecule has 2 aliphatic rings. The first-order valence-electron chi connectivity index (χ1n) is 4.65. The summed E-state index contributed by atoms with van der Waals surface area (Å²) < 4.78 is 10.8. The van der Waals surface area contributed by atoms with Crippen LogP contribution in [0.5, 0.6) is 0 Å². The van der Waals surface area contributed by atoms with E-state index < -0.39 is 11.7 Å². The van der Waals surface area contributed by atoms with Crippen molar-refractivity contribution >= 4 is 29.0 Å². The molecule has 0 aliphatic carbocycles. The third kappa shape index (κ3) is 1.64. The molecule has 2 rings (SSSR count). The Hall–Kier alpha value is -0.350. The minimum atomic E-state index is -0.854. The number of Topliss-reactive ketones (excluding diaryl/α,β-unsaturated/α-hetero) is 1. The van der Waals surface area contributed by atoms with Crippen LogP contribution in [0, 0.1) is 0 Å². The fourth-order valence-electron chi connectivity index (χ4n) is 1.63. The van der Waals surface area contributed by atoms with E-state index in [0.29, 0.717) is 6.61 Å². The number of carbonyl (C=O) groups is 1. The molecule has 0 spiro atoms. The molecule has 15 heavy (non-hydrogen) atoms. The second kappa shape index (κ2) is 3.91. The molecule has 0 N–H and O–H groups in total. The quantitative estimate of drug-likeness (QED) is 0.717. The normalized spacial score (nSPS) is 34.1. The molecule has 0 aromatic heterocycles. The number of ketones is 1. The van der Waals surface area contributed by atoms with Crippen molar-refractivity contribution in [3.05, 3.63) is 22.2 Å². The second-order valence-corrected chi connectivity index (χ2v) is 4.17. The van der Waals surface area contributed by atoms with Gasteiger partial charge in [0, 0.05) is 6.61 Å². The Morgan fingerprint density at radius 1 is 1.60 bits per heavy atom. The third-order valence-corrected chi connectivity index (χ3v) is 3.42. The monoisotopic (exact) mass is 248 g/mol. The zero-order chi connectivity index (χ0) is 11.1. The van der Waals surface area contributed by atoms with E-state index in [4.69, 9.17) is 32.7 Å². The minimum Gasteiger partial charge on any atom is -0.378 e. The van der Waals surface area contributed by atoms with Crippen molar-refractivity contribution < 1.29 is 14.3 Å². The summed E-state index contributed by atoms with van der Waals surface area (Å²) in [4.78, 5) is 11.5. The lowest BCUT2D eigenvalue weighted by molar-refractivity contribution is -0.132. The summed E-state index contributed by atoms with van der Waals surface area (Å²) in [7, 11) is 0. The molecule has 82 valence electrons. The van der Waals surface area contributed by atoms with Gasteiger partial charge in [0.2, 0.25) is 5.78 Å². The van der Waals surface area contributed by atoms with Crippen molar-refractivity contribution in [3.8, 4) is 0 Å². The van der Waals surface area contributed by atoms with Gasteiger partial charge in [-0.1, -0.05) is 23.2 Å². The summed E-state index contributed by atoms with van der Waals surface area (Å²) in [6.45, 7) is 2.71. The zero-order valence-corrected chi connectivity index (χ0v) is 9.64. The Bertz CT molecular complexity index is 362. The van der Waals surface area contributed by atoms with Crippen molar-refractivity contribution in [1.29, 1.82) is 0 Å². The van der Waals surface area contributed by atoms with Crippen LogP contribution in [0.15, 0.2) is 22.2 Å². The van der Waals surface area contributed by atoms with Crippen molar-refractivity contribution in [3.63, 3.8) is 0 Å². The fourth-order valence-corrected chi connectivity index (χ4v) is 2.15. The largest absolute Gasteiger partial charge is 0.378 e. The number of halogens is 2. The molecule has 3 nitrogen and oxygen atoms in total. The number of ether oxygens (including phenoxy) is 2. The maximum absolute atomic E-state index is 11.5. The first-order valence-corrected chi connectivity index (χ1v) is 5.41. The predicted octanol–water partition coefficient (Wildman–Crippen LogP) is 1.99. The predicted molar refractivity (Wildman–Crippen MR) is 57.0 cm³/mol. The molecule has 2 aliphatic heterocycles. The van der Waals surface area contributed by atoms with Crippen LogP contribution in [-0.4, -0.2) is 30.7 Å². The Kier molecular flexibility index (Phi) is 2.90. The Morgan fingerprint density at radius 2 is 2.33 bits per heavy atom. The van der Waals surface area contributed by atoms with Crippen LogP contribution in [0.3, 0.4) is 0 Å².